The first-order valence-electron chi connectivity index (χ1n) is 11.5. The third-order valence-electron chi connectivity index (χ3n) is 5.82. The number of hydrogen-bond acceptors (Lipinski definition) is 7. The summed E-state index contributed by atoms with van der Waals surface area (Å²) in [7, 11) is 4.51. The molecule has 8 heteroatoms. The standard InChI is InChI=1S/C27H33NO7/c1-16(2)15-35-20-11-10-18(14-17(20)3)24(29)22-23(28(12-13-32-4)27(31)25(22)30)19-8-7-9-21(33-5)26(19)34-6/h7-11,14,16,23,29H,12-13,15H2,1-6H3/b24-22+. The first-order valence-corrected chi connectivity index (χ1v) is 11.5. The number of ether oxygens (including phenoxy) is 4. The van der Waals surface area contributed by atoms with Crippen molar-refractivity contribution in [3.8, 4) is 17.2 Å². The van der Waals surface area contributed by atoms with Crippen molar-refractivity contribution in [2.45, 2.75) is 26.8 Å². The topological polar surface area (TPSA) is 94.5 Å². The molecule has 1 saturated heterocycles. The van der Waals surface area contributed by atoms with E-state index in [2.05, 4.69) is 13.8 Å². The summed E-state index contributed by atoms with van der Waals surface area (Å²) in [4.78, 5) is 27.7. The molecule has 1 heterocycles. The van der Waals surface area contributed by atoms with E-state index in [1.165, 1.54) is 26.2 Å². The summed E-state index contributed by atoms with van der Waals surface area (Å²) < 4.78 is 22.0. The SMILES string of the molecule is COCCN1C(=O)C(=O)/C(=C(/O)c2ccc(OCC(C)C)c(C)c2)C1c1cccc(OC)c1OC. The maximum atomic E-state index is 13.2. The molecule has 1 unspecified atom stereocenters. The van der Waals surface area contributed by atoms with Crippen molar-refractivity contribution in [1.29, 1.82) is 0 Å². The minimum Gasteiger partial charge on any atom is -0.507 e. The largest absolute Gasteiger partial charge is 0.507 e. The highest BCUT2D eigenvalue weighted by atomic mass is 16.5. The minimum absolute atomic E-state index is 0.0205. The van der Waals surface area contributed by atoms with Gasteiger partial charge in [0.15, 0.2) is 11.5 Å². The van der Waals surface area contributed by atoms with Gasteiger partial charge in [0, 0.05) is 24.8 Å². The van der Waals surface area contributed by atoms with Crippen LogP contribution in [0.2, 0.25) is 0 Å². The summed E-state index contributed by atoms with van der Waals surface area (Å²) in [5.41, 5.74) is 1.72. The molecule has 0 saturated carbocycles. The molecule has 188 valence electrons. The zero-order valence-electron chi connectivity index (χ0n) is 21.1. The summed E-state index contributed by atoms with van der Waals surface area (Å²) >= 11 is 0. The Bertz CT molecular complexity index is 1120. The molecule has 2 aromatic rings. The Morgan fingerprint density at radius 2 is 1.80 bits per heavy atom. The third kappa shape index (κ3) is 5.27. The molecule has 8 nitrogen and oxygen atoms in total. The number of hydrogen-bond donors (Lipinski definition) is 1. The Labute approximate surface area is 206 Å². The molecule has 1 fully saturated rings. The summed E-state index contributed by atoms with van der Waals surface area (Å²) in [5.74, 6) is 0.133. The second-order valence-corrected chi connectivity index (χ2v) is 8.75. The van der Waals surface area contributed by atoms with Crippen LogP contribution in [0.3, 0.4) is 0 Å². The molecular weight excluding hydrogens is 450 g/mol. The number of carbonyl (C=O) groups excluding carboxylic acids is 2. The van der Waals surface area contributed by atoms with Crippen LogP contribution in [0.4, 0.5) is 0 Å². The number of benzene rings is 2. The summed E-state index contributed by atoms with van der Waals surface area (Å²) in [6, 6.07) is 9.52. The number of rotatable bonds is 10. The highest BCUT2D eigenvalue weighted by Gasteiger charge is 2.47. The number of methoxy groups -OCH3 is 3. The molecule has 1 atom stereocenters. The van der Waals surface area contributed by atoms with E-state index >= 15 is 0 Å². The molecule has 0 bridgehead atoms. The van der Waals surface area contributed by atoms with Crippen LogP contribution in [-0.4, -0.2) is 62.8 Å². The Balaban J connectivity index is 2.16. The van der Waals surface area contributed by atoms with Crippen LogP contribution in [-0.2, 0) is 14.3 Å². The summed E-state index contributed by atoms with van der Waals surface area (Å²) in [6.07, 6.45) is 0. The van der Waals surface area contributed by atoms with E-state index in [1.54, 1.807) is 36.4 Å². The number of aliphatic hydroxyl groups excluding tert-OH is 1. The number of amides is 1. The van der Waals surface area contributed by atoms with Gasteiger partial charge in [-0.3, -0.25) is 9.59 Å². The Kier molecular flexibility index (Phi) is 8.40. The van der Waals surface area contributed by atoms with Crippen LogP contribution in [0, 0.1) is 12.8 Å². The number of aryl methyl sites for hydroxylation is 1. The normalized spacial score (nSPS) is 17.2. The molecule has 1 N–H and O–H groups in total. The molecule has 0 aromatic heterocycles. The number of aliphatic hydroxyl groups is 1. The Morgan fingerprint density at radius 1 is 1.06 bits per heavy atom. The second-order valence-electron chi connectivity index (χ2n) is 8.75. The highest BCUT2D eigenvalue weighted by Crippen LogP contribution is 2.45. The first kappa shape index (κ1) is 26.1. The molecule has 1 aliphatic heterocycles. The second kappa shape index (κ2) is 11.3. The monoisotopic (exact) mass is 483 g/mol. The lowest BCUT2D eigenvalue weighted by molar-refractivity contribution is -0.140. The van der Waals surface area contributed by atoms with Crippen LogP contribution in [0.25, 0.3) is 5.76 Å². The lowest BCUT2D eigenvalue weighted by atomic mass is 9.94. The van der Waals surface area contributed by atoms with E-state index in [9.17, 15) is 14.7 Å². The van der Waals surface area contributed by atoms with Gasteiger partial charge in [0.1, 0.15) is 11.5 Å². The van der Waals surface area contributed by atoms with E-state index in [0.29, 0.717) is 40.9 Å². The quantitative estimate of drug-likeness (QED) is 0.309. The Hall–Kier alpha value is -3.52. The van der Waals surface area contributed by atoms with Crippen molar-refractivity contribution < 1.29 is 33.6 Å². The van der Waals surface area contributed by atoms with Gasteiger partial charge in [0.25, 0.3) is 11.7 Å². The third-order valence-corrected chi connectivity index (χ3v) is 5.82. The molecule has 0 radical (unpaired) electrons. The van der Waals surface area contributed by atoms with Crippen LogP contribution in [0.15, 0.2) is 42.0 Å². The van der Waals surface area contributed by atoms with E-state index in [-0.39, 0.29) is 24.5 Å². The zero-order valence-corrected chi connectivity index (χ0v) is 21.1. The van der Waals surface area contributed by atoms with Crippen LogP contribution >= 0.6 is 0 Å². The smallest absolute Gasteiger partial charge is 0.295 e. The van der Waals surface area contributed by atoms with Gasteiger partial charge in [-0.25, -0.2) is 0 Å². The number of ketones is 1. The van der Waals surface area contributed by atoms with Gasteiger partial charge in [-0.15, -0.1) is 0 Å². The highest BCUT2D eigenvalue weighted by molar-refractivity contribution is 6.46. The summed E-state index contributed by atoms with van der Waals surface area (Å²) in [6.45, 7) is 6.93. The maximum Gasteiger partial charge on any atom is 0.295 e. The number of Topliss-reactive ketones (excluding diaryl/α,β-unsaturated/α-hetero) is 1. The van der Waals surface area contributed by atoms with Crippen molar-refractivity contribution in [2.75, 3.05) is 41.1 Å². The molecule has 2 aromatic carbocycles. The van der Waals surface area contributed by atoms with Crippen molar-refractivity contribution >= 4 is 17.4 Å². The van der Waals surface area contributed by atoms with Gasteiger partial charge in [-0.05, 0) is 42.7 Å². The molecular formula is C27H33NO7. The van der Waals surface area contributed by atoms with E-state index < -0.39 is 17.7 Å². The molecule has 3 rings (SSSR count). The van der Waals surface area contributed by atoms with Crippen LogP contribution in [0.1, 0.15) is 36.6 Å². The van der Waals surface area contributed by atoms with Gasteiger partial charge in [-0.2, -0.15) is 0 Å². The molecule has 0 aliphatic carbocycles. The maximum absolute atomic E-state index is 13.2. The fraction of sp³-hybridized carbons (Fsp3) is 0.407. The lowest BCUT2D eigenvalue weighted by Gasteiger charge is -2.27. The molecule has 1 aliphatic rings. The number of nitrogens with zero attached hydrogens (tertiary/aromatic N) is 1. The van der Waals surface area contributed by atoms with Crippen molar-refractivity contribution in [3.63, 3.8) is 0 Å². The van der Waals surface area contributed by atoms with E-state index in [1.807, 2.05) is 6.92 Å². The predicted molar refractivity (Wildman–Crippen MR) is 132 cm³/mol. The van der Waals surface area contributed by atoms with Gasteiger partial charge in [-0.1, -0.05) is 26.0 Å². The number of likely N-dealkylation sites (tertiary alicyclic amines) is 1. The predicted octanol–water partition coefficient (Wildman–Crippen LogP) is 4.12. The molecule has 35 heavy (non-hydrogen) atoms. The van der Waals surface area contributed by atoms with Gasteiger partial charge in [0.05, 0.1) is 39.0 Å². The fourth-order valence-electron chi connectivity index (χ4n) is 4.12. The van der Waals surface area contributed by atoms with Crippen LogP contribution in [0.5, 0.6) is 17.2 Å². The van der Waals surface area contributed by atoms with Gasteiger partial charge >= 0.3 is 0 Å². The Morgan fingerprint density at radius 3 is 2.40 bits per heavy atom. The number of para-hydroxylation sites is 1. The molecule has 1 amide bonds. The zero-order chi connectivity index (χ0) is 25.7. The summed E-state index contributed by atoms with van der Waals surface area (Å²) in [5, 5.41) is 11.3. The molecule has 0 spiro atoms. The van der Waals surface area contributed by atoms with Gasteiger partial charge in [0.2, 0.25) is 0 Å². The van der Waals surface area contributed by atoms with Crippen LogP contribution < -0.4 is 14.2 Å². The lowest BCUT2D eigenvalue weighted by Crippen LogP contribution is -2.32. The minimum atomic E-state index is -0.882. The number of carbonyl (C=O) groups is 2. The van der Waals surface area contributed by atoms with Crippen molar-refractivity contribution in [3.05, 3.63) is 58.7 Å². The average Bonchev–Trinajstić information content (AvgIpc) is 3.10. The van der Waals surface area contributed by atoms with Crippen molar-refractivity contribution in [1.82, 2.24) is 4.90 Å². The first-order chi connectivity index (χ1) is 16.7. The fourth-order valence-corrected chi connectivity index (χ4v) is 4.12. The average molecular weight is 484 g/mol. The van der Waals surface area contributed by atoms with E-state index in [4.69, 9.17) is 18.9 Å². The van der Waals surface area contributed by atoms with Gasteiger partial charge < -0.3 is 29.0 Å². The van der Waals surface area contributed by atoms with Crippen molar-refractivity contribution in [2.24, 2.45) is 5.92 Å². The van der Waals surface area contributed by atoms with E-state index in [0.717, 1.165) is 5.56 Å².